The van der Waals surface area contributed by atoms with Gasteiger partial charge in [-0.05, 0) is 19.3 Å². The molecule has 0 amide bonds. The molecule has 2 rings (SSSR count). The number of hydrogen-bond acceptors (Lipinski definition) is 3. The van der Waals surface area contributed by atoms with E-state index in [-0.39, 0.29) is 0 Å². The number of aryl methyl sites for hydroxylation is 1. The minimum absolute atomic E-state index is 0.684. The predicted octanol–water partition coefficient (Wildman–Crippen LogP) is 2.30. The molecule has 0 unspecified atom stereocenters. The zero-order chi connectivity index (χ0) is 9.10. The number of aromatic nitrogens is 2. The van der Waals surface area contributed by atoms with Gasteiger partial charge in [0.25, 0.3) is 0 Å². The van der Waals surface area contributed by atoms with Crippen LogP contribution >= 0.6 is 23.4 Å². The molecule has 0 atom stereocenters. The molecule has 0 radical (unpaired) electrons. The standard InChI is InChI=1S/C9H11ClN2S/c10-4-5-13-9-7-2-1-3-8(7)11-6-12-9/h6H,1-5H2. The Morgan fingerprint density at radius 3 is 3.15 bits per heavy atom. The van der Waals surface area contributed by atoms with Crippen LogP contribution in [0, 0.1) is 0 Å². The van der Waals surface area contributed by atoms with E-state index in [2.05, 4.69) is 9.97 Å². The summed E-state index contributed by atoms with van der Waals surface area (Å²) in [5, 5.41) is 1.14. The van der Waals surface area contributed by atoms with Gasteiger partial charge >= 0.3 is 0 Å². The number of rotatable bonds is 3. The lowest BCUT2D eigenvalue weighted by Crippen LogP contribution is -1.95. The lowest BCUT2D eigenvalue weighted by Gasteiger charge is -2.03. The number of fused-ring (bicyclic) bond motifs is 1. The van der Waals surface area contributed by atoms with E-state index in [1.165, 1.54) is 17.7 Å². The van der Waals surface area contributed by atoms with Crippen LogP contribution in [0.15, 0.2) is 11.4 Å². The maximum atomic E-state index is 5.64. The van der Waals surface area contributed by atoms with Crippen molar-refractivity contribution < 1.29 is 0 Å². The Morgan fingerprint density at radius 2 is 2.31 bits per heavy atom. The summed E-state index contributed by atoms with van der Waals surface area (Å²) in [6.45, 7) is 0. The van der Waals surface area contributed by atoms with E-state index in [9.17, 15) is 0 Å². The van der Waals surface area contributed by atoms with Gasteiger partial charge in [0.1, 0.15) is 11.4 Å². The molecule has 0 fully saturated rings. The van der Waals surface area contributed by atoms with E-state index >= 15 is 0 Å². The molecule has 0 aromatic carbocycles. The summed E-state index contributed by atoms with van der Waals surface area (Å²) in [6, 6.07) is 0. The van der Waals surface area contributed by atoms with Crippen molar-refractivity contribution in [3.8, 4) is 0 Å². The number of nitrogens with zero attached hydrogens (tertiary/aromatic N) is 2. The van der Waals surface area contributed by atoms with Gasteiger partial charge in [-0.25, -0.2) is 9.97 Å². The van der Waals surface area contributed by atoms with E-state index in [0.717, 1.165) is 23.6 Å². The average molecular weight is 215 g/mol. The Bertz CT molecular complexity index is 304. The lowest BCUT2D eigenvalue weighted by atomic mass is 10.3. The van der Waals surface area contributed by atoms with Gasteiger partial charge in [0.2, 0.25) is 0 Å². The van der Waals surface area contributed by atoms with Crippen molar-refractivity contribution in [1.29, 1.82) is 0 Å². The van der Waals surface area contributed by atoms with Gasteiger partial charge in [0.05, 0.1) is 0 Å². The fraction of sp³-hybridized carbons (Fsp3) is 0.556. The second-order valence-electron chi connectivity index (χ2n) is 3.00. The summed E-state index contributed by atoms with van der Waals surface area (Å²) in [4.78, 5) is 8.55. The minimum atomic E-state index is 0.684. The highest BCUT2D eigenvalue weighted by atomic mass is 35.5. The summed E-state index contributed by atoms with van der Waals surface area (Å²) in [5.41, 5.74) is 2.60. The Morgan fingerprint density at radius 1 is 1.38 bits per heavy atom. The van der Waals surface area contributed by atoms with Crippen LogP contribution < -0.4 is 0 Å². The first kappa shape index (κ1) is 9.28. The van der Waals surface area contributed by atoms with E-state index in [0.29, 0.717) is 5.88 Å². The highest BCUT2D eigenvalue weighted by Crippen LogP contribution is 2.28. The zero-order valence-electron chi connectivity index (χ0n) is 7.29. The van der Waals surface area contributed by atoms with Crippen LogP contribution in [0.1, 0.15) is 17.7 Å². The quantitative estimate of drug-likeness (QED) is 0.439. The summed E-state index contributed by atoms with van der Waals surface area (Å²) >= 11 is 7.38. The molecule has 0 saturated heterocycles. The molecule has 13 heavy (non-hydrogen) atoms. The fourth-order valence-corrected chi connectivity index (χ4v) is 2.61. The molecule has 2 nitrogen and oxygen atoms in total. The topological polar surface area (TPSA) is 25.8 Å². The average Bonchev–Trinajstić information content (AvgIpc) is 2.62. The summed E-state index contributed by atoms with van der Waals surface area (Å²) in [7, 11) is 0. The highest BCUT2D eigenvalue weighted by Gasteiger charge is 2.16. The molecule has 70 valence electrons. The number of thioether (sulfide) groups is 1. The van der Waals surface area contributed by atoms with Gasteiger partial charge in [-0.15, -0.1) is 23.4 Å². The Balaban J connectivity index is 2.20. The molecule has 1 aliphatic carbocycles. The van der Waals surface area contributed by atoms with Gasteiger partial charge in [0.15, 0.2) is 0 Å². The van der Waals surface area contributed by atoms with Crippen molar-refractivity contribution in [2.24, 2.45) is 0 Å². The van der Waals surface area contributed by atoms with Crippen molar-refractivity contribution in [3.05, 3.63) is 17.6 Å². The molecule has 4 heteroatoms. The Labute approximate surface area is 87.1 Å². The first-order chi connectivity index (χ1) is 6.42. The van der Waals surface area contributed by atoms with Gasteiger partial charge in [-0.2, -0.15) is 0 Å². The van der Waals surface area contributed by atoms with Gasteiger partial charge in [-0.3, -0.25) is 0 Å². The van der Waals surface area contributed by atoms with Crippen molar-refractivity contribution in [2.45, 2.75) is 24.3 Å². The molecule has 1 heterocycles. The second-order valence-corrected chi connectivity index (χ2v) is 4.46. The third-order valence-electron chi connectivity index (χ3n) is 2.15. The van der Waals surface area contributed by atoms with Gasteiger partial charge in [-0.1, -0.05) is 0 Å². The second kappa shape index (κ2) is 4.29. The monoisotopic (exact) mass is 214 g/mol. The molecule has 0 N–H and O–H groups in total. The molecule has 0 aliphatic heterocycles. The largest absolute Gasteiger partial charge is 0.241 e. The number of halogens is 1. The Kier molecular flexibility index (Phi) is 3.06. The SMILES string of the molecule is ClCCSc1ncnc2c1CCC2. The van der Waals surface area contributed by atoms with Crippen LogP contribution in [-0.2, 0) is 12.8 Å². The fourth-order valence-electron chi connectivity index (χ4n) is 1.59. The van der Waals surface area contributed by atoms with Crippen molar-refractivity contribution in [2.75, 3.05) is 11.6 Å². The van der Waals surface area contributed by atoms with Crippen LogP contribution in [0.5, 0.6) is 0 Å². The molecule has 1 aromatic rings. The molecule has 1 aliphatic rings. The maximum absolute atomic E-state index is 5.64. The number of alkyl halides is 1. The van der Waals surface area contributed by atoms with Crippen LogP contribution in [0.3, 0.4) is 0 Å². The lowest BCUT2D eigenvalue weighted by molar-refractivity contribution is 0.896. The summed E-state index contributed by atoms with van der Waals surface area (Å²) in [6.07, 6.45) is 5.15. The Hall–Kier alpha value is -0.280. The van der Waals surface area contributed by atoms with Gasteiger partial charge < -0.3 is 0 Å². The van der Waals surface area contributed by atoms with Crippen molar-refractivity contribution in [1.82, 2.24) is 9.97 Å². The predicted molar refractivity (Wildman–Crippen MR) is 55.5 cm³/mol. The third kappa shape index (κ3) is 1.97. The van der Waals surface area contributed by atoms with Crippen molar-refractivity contribution in [3.63, 3.8) is 0 Å². The minimum Gasteiger partial charge on any atom is -0.241 e. The third-order valence-corrected chi connectivity index (χ3v) is 3.60. The van der Waals surface area contributed by atoms with E-state index in [1.54, 1.807) is 18.1 Å². The number of hydrogen-bond donors (Lipinski definition) is 0. The highest BCUT2D eigenvalue weighted by molar-refractivity contribution is 7.99. The molecule has 0 saturated carbocycles. The molecule has 0 spiro atoms. The smallest absolute Gasteiger partial charge is 0.116 e. The van der Waals surface area contributed by atoms with E-state index in [1.807, 2.05) is 0 Å². The molecular weight excluding hydrogens is 204 g/mol. The first-order valence-corrected chi connectivity index (χ1v) is 5.95. The summed E-state index contributed by atoms with van der Waals surface area (Å²) in [5.74, 6) is 1.62. The van der Waals surface area contributed by atoms with Crippen LogP contribution in [-0.4, -0.2) is 21.6 Å². The maximum Gasteiger partial charge on any atom is 0.116 e. The van der Waals surface area contributed by atoms with Crippen molar-refractivity contribution >= 4 is 23.4 Å². The van der Waals surface area contributed by atoms with Crippen LogP contribution in [0.25, 0.3) is 0 Å². The molecule has 0 bridgehead atoms. The first-order valence-electron chi connectivity index (χ1n) is 4.43. The summed E-state index contributed by atoms with van der Waals surface area (Å²) < 4.78 is 0. The van der Waals surface area contributed by atoms with Gasteiger partial charge in [0, 0.05) is 22.9 Å². The van der Waals surface area contributed by atoms with Crippen LogP contribution in [0.2, 0.25) is 0 Å². The van der Waals surface area contributed by atoms with E-state index < -0.39 is 0 Å². The molecular formula is C9H11ClN2S. The molecule has 1 aromatic heterocycles. The van der Waals surface area contributed by atoms with Crippen LogP contribution in [0.4, 0.5) is 0 Å². The normalized spacial score (nSPS) is 14.5. The van der Waals surface area contributed by atoms with E-state index in [4.69, 9.17) is 11.6 Å². The zero-order valence-corrected chi connectivity index (χ0v) is 8.87.